The molecule has 122 valence electrons. The molecule has 0 N–H and O–H groups in total. The van der Waals surface area contributed by atoms with Crippen molar-refractivity contribution in [2.45, 2.75) is 6.04 Å². The summed E-state index contributed by atoms with van der Waals surface area (Å²) in [4.78, 5) is 28.8. The van der Waals surface area contributed by atoms with Gasteiger partial charge in [0.05, 0.1) is 12.5 Å². The Morgan fingerprint density at radius 2 is 2.04 bits per heavy atom. The third-order valence-electron chi connectivity index (χ3n) is 4.15. The molecule has 1 aromatic rings. The Balaban J connectivity index is 1.84. The predicted octanol–water partition coefficient (Wildman–Crippen LogP) is 2.30. The van der Waals surface area contributed by atoms with E-state index in [1.165, 1.54) is 9.81 Å². The van der Waals surface area contributed by atoms with Crippen molar-refractivity contribution in [1.29, 1.82) is 0 Å². The molecule has 0 aliphatic carbocycles. The number of ether oxygens (including phenoxy) is 1. The summed E-state index contributed by atoms with van der Waals surface area (Å²) in [6.07, 6.45) is 1.61. The summed E-state index contributed by atoms with van der Waals surface area (Å²) in [5.41, 5.74) is 1.16. The van der Waals surface area contributed by atoms with Gasteiger partial charge in [0.2, 0.25) is 5.91 Å². The number of nitrogens with zero attached hydrogens (tertiary/aromatic N) is 2. The van der Waals surface area contributed by atoms with E-state index >= 15 is 0 Å². The van der Waals surface area contributed by atoms with Gasteiger partial charge in [-0.15, -0.1) is 11.8 Å². The van der Waals surface area contributed by atoms with Gasteiger partial charge in [0.25, 0.3) is 0 Å². The maximum Gasteiger partial charge on any atom is 0.416 e. The fourth-order valence-electron chi connectivity index (χ4n) is 2.90. The van der Waals surface area contributed by atoms with Crippen LogP contribution in [0.25, 0.3) is 4.91 Å². The average molecular weight is 332 g/mol. The second kappa shape index (κ2) is 6.76. The highest BCUT2D eigenvalue weighted by molar-refractivity contribution is 8.08. The van der Waals surface area contributed by atoms with Gasteiger partial charge >= 0.3 is 6.09 Å². The number of rotatable bonds is 3. The zero-order valence-corrected chi connectivity index (χ0v) is 14.1. The number of benzene rings is 1. The van der Waals surface area contributed by atoms with Crippen LogP contribution < -0.4 is 0 Å². The van der Waals surface area contributed by atoms with Crippen molar-refractivity contribution in [2.24, 2.45) is 5.92 Å². The van der Waals surface area contributed by atoms with E-state index in [0.717, 1.165) is 5.56 Å². The van der Waals surface area contributed by atoms with Crippen molar-refractivity contribution in [1.82, 2.24) is 9.80 Å². The van der Waals surface area contributed by atoms with Gasteiger partial charge in [0.15, 0.2) is 0 Å². The number of thioether (sulfide) groups is 1. The minimum atomic E-state index is -0.518. The average Bonchev–Trinajstić information content (AvgIpc) is 3.00. The van der Waals surface area contributed by atoms with Crippen LogP contribution in [0.5, 0.6) is 0 Å². The highest BCUT2D eigenvalue weighted by Crippen LogP contribution is 2.37. The zero-order valence-electron chi connectivity index (χ0n) is 13.3. The van der Waals surface area contributed by atoms with E-state index in [1.54, 1.807) is 11.8 Å². The molecule has 0 spiro atoms. The standard InChI is InChI=1S/C17H20N2O3S/c1-18(2)14-10-15(12-6-4-3-5-7-12)23-11-13(14)16(20)19-8-9-22-17(19)21/h3-7,10,13-14H,8-9,11H2,1-2H3/t13-,14-/m0/s1. The molecule has 2 aliphatic rings. The third kappa shape index (κ3) is 3.28. The second-order valence-electron chi connectivity index (χ2n) is 5.87. The van der Waals surface area contributed by atoms with Crippen LogP contribution in [0.1, 0.15) is 5.56 Å². The van der Waals surface area contributed by atoms with Crippen LogP contribution in [-0.2, 0) is 9.53 Å². The van der Waals surface area contributed by atoms with Crippen LogP contribution >= 0.6 is 11.8 Å². The first kappa shape index (κ1) is 16.1. The Bertz CT molecular complexity index is 630. The number of cyclic esters (lactones) is 1. The lowest BCUT2D eigenvalue weighted by atomic mass is 9.97. The number of hydrogen-bond donors (Lipinski definition) is 0. The number of likely N-dealkylation sites (N-methyl/N-ethyl adjacent to an activating group) is 1. The maximum absolute atomic E-state index is 12.7. The molecule has 23 heavy (non-hydrogen) atoms. The van der Waals surface area contributed by atoms with Gasteiger partial charge in [-0.1, -0.05) is 36.4 Å². The Labute approximate surface area is 140 Å². The van der Waals surface area contributed by atoms with Gasteiger partial charge in [0, 0.05) is 16.7 Å². The van der Waals surface area contributed by atoms with E-state index in [2.05, 4.69) is 18.2 Å². The molecule has 1 saturated heterocycles. The lowest BCUT2D eigenvalue weighted by Crippen LogP contribution is -2.47. The molecule has 5 nitrogen and oxygen atoms in total. The van der Waals surface area contributed by atoms with Crippen molar-refractivity contribution in [2.75, 3.05) is 33.0 Å². The minimum absolute atomic E-state index is 0.0349. The highest BCUT2D eigenvalue weighted by Gasteiger charge is 2.39. The summed E-state index contributed by atoms with van der Waals surface area (Å²) < 4.78 is 4.89. The van der Waals surface area contributed by atoms with E-state index in [-0.39, 0.29) is 17.9 Å². The lowest BCUT2D eigenvalue weighted by molar-refractivity contribution is -0.132. The number of carbonyl (C=O) groups excluding carboxylic acids is 2. The Kier molecular flexibility index (Phi) is 4.73. The van der Waals surface area contributed by atoms with Crippen LogP contribution in [0.2, 0.25) is 0 Å². The molecule has 0 bridgehead atoms. The Morgan fingerprint density at radius 3 is 2.65 bits per heavy atom. The first-order valence-corrected chi connectivity index (χ1v) is 8.61. The summed E-state index contributed by atoms with van der Waals surface area (Å²) in [5.74, 6) is 0.279. The minimum Gasteiger partial charge on any atom is -0.447 e. The molecular formula is C17H20N2O3S. The summed E-state index contributed by atoms with van der Waals surface area (Å²) in [7, 11) is 3.92. The molecule has 0 saturated carbocycles. The first-order valence-electron chi connectivity index (χ1n) is 7.62. The molecule has 0 radical (unpaired) electrons. The molecule has 2 amide bonds. The third-order valence-corrected chi connectivity index (χ3v) is 5.36. The second-order valence-corrected chi connectivity index (χ2v) is 6.93. The molecule has 0 unspecified atom stereocenters. The molecule has 0 aromatic heterocycles. The van der Waals surface area contributed by atoms with E-state index in [1.807, 2.05) is 37.2 Å². The van der Waals surface area contributed by atoms with Crippen molar-refractivity contribution >= 4 is 28.7 Å². The van der Waals surface area contributed by atoms with E-state index in [9.17, 15) is 9.59 Å². The molecule has 1 fully saturated rings. The van der Waals surface area contributed by atoms with Gasteiger partial charge in [-0.3, -0.25) is 4.79 Å². The SMILES string of the molecule is CN(C)[C@H]1C=C(c2ccccc2)SC[C@@H]1C(=O)N1CCOC1=O. The highest BCUT2D eigenvalue weighted by atomic mass is 32.2. The number of hydrogen-bond acceptors (Lipinski definition) is 5. The van der Waals surface area contributed by atoms with E-state index in [0.29, 0.717) is 18.9 Å². The van der Waals surface area contributed by atoms with Gasteiger partial charge < -0.3 is 9.64 Å². The molecule has 1 aromatic carbocycles. The van der Waals surface area contributed by atoms with Crippen LogP contribution in [0, 0.1) is 5.92 Å². The normalized spacial score (nSPS) is 24.6. The van der Waals surface area contributed by atoms with E-state index in [4.69, 9.17) is 4.74 Å². The smallest absolute Gasteiger partial charge is 0.416 e. The van der Waals surface area contributed by atoms with Crippen molar-refractivity contribution < 1.29 is 14.3 Å². The van der Waals surface area contributed by atoms with Gasteiger partial charge in [0.1, 0.15) is 6.61 Å². The largest absolute Gasteiger partial charge is 0.447 e. The summed E-state index contributed by atoms with van der Waals surface area (Å²) >= 11 is 1.67. The number of carbonyl (C=O) groups is 2. The predicted molar refractivity (Wildman–Crippen MR) is 90.9 cm³/mol. The quantitative estimate of drug-likeness (QED) is 0.850. The van der Waals surface area contributed by atoms with Gasteiger partial charge in [-0.2, -0.15) is 0 Å². The molecule has 3 rings (SSSR count). The fourth-order valence-corrected chi connectivity index (χ4v) is 4.14. The molecule has 2 atom stereocenters. The first-order chi connectivity index (χ1) is 11.1. The Morgan fingerprint density at radius 1 is 1.30 bits per heavy atom. The lowest BCUT2D eigenvalue weighted by Gasteiger charge is -2.34. The molecule has 2 heterocycles. The van der Waals surface area contributed by atoms with Crippen LogP contribution in [0.15, 0.2) is 36.4 Å². The van der Waals surface area contributed by atoms with Crippen LogP contribution in [0.3, 0.4) is 0 Å². The number of imide groups is 1. The topological polar surface area (TPSA) is 49.9 Å². The van der Waals surface area contributed by atoms with Crippen LogP contribution in [-0.4, -0.2) is 60.8 Å². The molecular weight excluding hydrogens is 312 g/mol. The van der Waals surface area contributed by atoms with Crippen molar-refractivity contribution in [3.63, 3.8) is 0 Å². The molecule has 6 heteroatoms. The van der Waals surface area contributed by atoms with Crippen LogP contribution in [0.4, 0.5) is 4.79 Å². The fraction of sp³-hybridized carbons (Fsp3) is 0.412. The summed E-state index contributed by atoms with van der Waals surface area (Å²) in [5, 5.41) is 0. The molecule has 2 aliphatic heterocycles. The Hall–Kier alpha value is -1.79. The van der Waals surface area contributed by atoms with Crippen molar-refractivity contribution in [3.05, 3.63) is 42.0 Å². The monoisotopic (exact) mass is 332 g/mol. The maximum atomic E-state index is 12.7. The number of amides is 2. The van der Waals surface area contributed by atoms with Crippen molar-refractivity contribution in [3.8, 4) is 0 Å². The van der Waals surface area contributed by atoms with E-state index < -0.39 is 6.09 Å². The summed E-state index contributed by atoms with van der Waals surface area (Å²) in [6.45, 7) is 0.649. The zero-order chi connectivity index (χ0) is 16.4. The van der Waals surface area contributed by atoms with Gasteiger partial charge in [-0.25, -0.2) is 9.69 Å². The van der Waals surface area contributed by atoms with Gasteiger partial charge in [-0.05, 0) is 19.7 Å². The summed E-state index contributed by atoms with van der Waals surface area (Å²) in [6, 6.07) is 10.1.